The molecule has 5 nitrogen and oxygen atoms in total. The molecule has 0 aliphatic carbocycles. The number of aryl methyl sites for hydroxylation is 4. The number of fused-ring (bicyclic) bond motifs is 3. The summed E-state index contributed by atoms with van der Waals surface area (Å²) in [6.45, 7) is 19.9. The molecule has 0 unspecified atom stereocenters. The second-order valence-corrected chi connectivity index (χ2v) is 14.6. The molecule has 268 valence electrons. The van der Waals surface area contributed by atoms with Crippen LogP contribution >= 0.6 is 0 Å². The number of ether oxygens (including phenoxy) is 1. The number of hydrogen-bond donors (Lipinski definition) is 0. The van der Waals surface area contributed by atoms with Crippen molar-refractivity contribution >= 4 is 21.8 Å². The summed E-state index contributed by atoms with van der Waals surface area (Å²) >= 11 is 0. The van der Waals surface area contributed by atoms with Gasteiger partial charge in [-0.2, -0.15) is 11.2 Å². The van der Waals surface area contributed by atoms with Crippen LogP contribution in [-0.4, -0.2) is 19.3 Å². The number of nitrogens with zero attached hydrogens (tertiary/aromatic N) is 4. The Morgan fingerprint density at radius 1 is 0.769 bits per heavy atom. The van der Waals surface area contributed by atoms with Crippen LogP contribution in [-0.2, 0) is 39.7 Å². The molecule has 0 spiro atoms. The minimum absolute atomic E-state index is 0. The number of aromatic nitrogens is 4. The molecule has 0 radical (unpaired) electrons. The van der Waals surface area contributed by atoms with E-state index in [1.807, 2.05) is 16.9 Å². The van der Waals surface area contributed by atoms with Crippen LogP contribution in [0.1, 0.15) is 86.7 Å². The van der Waals surface area contributed by atoms with Crippen LogP contribution in [0.25, 0.3) is 44.4 Å². The van der Waals surface area contributed by atoms with Crippen molar-refractivity contribution in [3.63, 3.8) is 0 Å². The zero-order chi connectivity index (χ0) is 36.0. The van der Waals surface area contributed by atoms with Crippen LogP contribution in [0.3, 0.4) is 0 Å². The maximum atomic E-state index is 6.66. The Morgan fingerprint density at radius 3 is 2.19 bits per heavy atom. The van der Waals surface area contributed by atoms with Crippen molar-refractivity contribution in [1.82, 2.24) is 19.3 Å². The fourth-order valence-corrected chi connectivity index (χ4v) is 7.58. The van der Waals surface area contributed by atoms with E-state index in [9.17, 15) is 0 Å². The van der Waals surface area contributed by atoms with Gasteiger partial charge in [0.15, 0.2) is 0 Å². The number of hydrogen-bond acceptors (Lipinski definition) is 3. The van der Waals surface area contributed by atoms with Crippen molar-refractivity contribution < 1.29 is 25.2 Å². The summed E-state index contributed by atoms with van der Waals surface area (Å²) in [6, 6.07) is 33.1. The van der Waals surface area contributed by atoms with E-state index in [1.54, 1.807) is 0 Å². The first-order chi connectivity index (χ1) is 24.6. The van der Waals surface area contributed by atoms with Crippen LogP contribution in [0, 0.1) is 38.8 Å². The Kier molecular flexibility index (Phi) is 10.9. The van der Waals surface area contributed by atoms with Crippen molar-refractivity contribution in [2.24, 2.45) is 5.92 Å². The average Bonchev–Trinajstić information content (AvgIpc) is 3.59. The quantitative estimate of drug-likeness (QED) is 0.103. The van der Waals surface area contributed by atoms with E-state index in [0.29, 0.717) is 17.4 Å². The predicted octanol–water partition coefficient (Wildman–Crippen LogP) is 11.8. The summed E-state index contributed by atoms with van der Waals surface area (Å²) in [7, 11) is 0. The van der Waals surface area contributed by atoms with Crippen molar-refractivity contribution in [2.75, 3.05) is 0 Å². The van der Waals surface area contributed by atoms with Gasteiger partial charge in [-0.3, -0.25) is 4.68 Å². The van der Waals surface area contributed by atoms with E-state index in [2.05, 4.69) is 146 Å². The topological polar surface area (TPSA) is 44.9 Å². The molecule has 3 heterocycles. The number of rotatable bonds is 10. The second kappa shape index (κ2) is 15.2. The minimum Gasteiger partial charge on any atom is -0.509 e. The Hall–Kier alpha value is -4.50. The molecule has 6 heteroatoms. The molecule has 7 aromatic rings. The van der Waals surface area contributed by atoms with Crippen LogP contribution < -0.4 is 4.74 Å². The summed E-state index contributed by atoms with van der Waals surface area (Å²) in [6.07, 6.45) is 4.86. The van der Waals surface area contributed by atoms with Gasteiger partial charge in [0.05, 0.1) is 5.69 Å². The van der Waals surface area contributed by atoms with Crippen molar-refractivity contribution in [1.29, 1.82) is 0 Å². The zero-order valence-electron chi connectivity index (χ0n) is 31.8. The fraction of sp³-hybridized carbons (Fsp3) is 0.304. The van der Waals surface area contributed by atoms with E-state index in [0.717, 1.165) is 69.5 Å². The van der Waals surface area contributed by atoms with Gasteiger partial charge in [-0.25, -0.2) is 4.98 Å². The molecular weight excluding hydrogens is 731 g/mol. The average molecular weight is 779 g/mol. The first kappa shape index (κ1) is 37.3. The first-order valence-corrected chi connectivity index (χ1v) is 18.4. The maximum Gasteiger partial charge on any atom is 2.00 e. The zero-order valence-corrected chi connectivity index (χ0v) is 33.3. The van der Waals surface area contributed by atoms with E-state index < -0.39 is 0 Å². The van der Waals surface area contributed by atoms with Crippen LogP contribution in [0.2, 0.25) is 0 Å². The van der Waals surface area contributed by atoms with Crippen LogP contribution in [0.4, 0.5) is 0 Å². The second-order valence-electron chi connectivity index (χ2n) is 14.6. The summed E-state index contributed by atoms with van der Waals surface area (Å²) in [5.41, 5.74) is 14.0. The smallest absolute Gasteiger partial charge is 0.509 e. The number of pyridine rings is 1. The maximum absolute atomic E-state index is 6.66. The predicted molar refractivity (Wildman–Crippen MR) is 211 cm³/mol. The minimum atomic E-state index is 0. The van der Waals surface area contributed by atoms with Gasteiger partial charge < -0.3 is 9.30 Å². The molecule has 0 saturated carbocycles. The van der Waals surface area contributed by atoms with E-state index in [1.165, 1.54) is 33.4 Å². The van der Waals surface area contributed by atoms with Crippen molar-refractivity contribution in [2.45, 2.75) is 87.5 Å². The third kappa shape index (κ3) is 7.00. The molecule has 7 rings (SSSR count). The Labute approximate surface area is 322 Å². The fourth-order valence-electron chi connectivity index (χ4n) is 7.58. The summed E-state index contributed by atoms with van der Waals surface area (Å²) in [4.78, 5) is 4.83. The monoisotopic (exact) mass is 778 g/mol. The SMILES string of the molecule is CCc1cc(C)cc(CC)c1-c1c(C)nn(-c2[c-]c(Oc3[c-]c4c(cc3)c3ccccc3n4-c3cc(CC(C)C)ccn3)cc(C(C)C)c2)c1C.[Pd+2]. The Balaban J connectivity index is 0.00000464. The van der Waals surface area contributed by atoms with Gasteiger partial charge in [-0.15, -0.1) is 41.3 Å². The molecule has 0 aliphatic heterocycles. The number of para-hydroxylation sites is 1. The van der Waals surface area contributed by atoms with E-state index in [4.69, 9.17) is 14.8 Å². The van der Waals surface area contributed by atoms with E-state index in [-0.39, 0.29) is 26.3 Å². The standard InChI is InChI=1S/C46H48N4O.Pd/c1-10-34-21-30(7)22-35(11-2)46(34)45-31(8)48-50(32(45)9)37-24-36(29(5)6)25-39(26-37)51-38-16-17-41-40-14-12-13-15-42(40)49(43(41)27-38)44-23-33(18-19-47-44)20-28(3)4;/h12-19,21-25,28-29H,10-11,20H2,1-9H3;/q-2;+2. The molecule has 0 N–H and O–H groups in total. The van der Waals surface area contributed by atoms with Crippen LogP contribution in [0.15, 0.2) is 79.0 Å². The molecular formula is C46H48N4OPd. The third-order valence-electron chi connectivity index (χ3n) is 9.96. The van der Waals surface area contributed by atoms with E-state index >= 15 is 0 Å². The third-order valence-corrected chi connectivity index (χ3v) is 9.96. The first-order valence-electron chi connectivity index (χ1n) is 18.4. The molecule has 0 bridgehead atoms. The van der Waals surface area contributed by atoms with Crippen LogP contribution in [0.5, 0.6) is 11.5 Å². The molecule has 0 fully saturated rings. The van der Waals surface area contributed by atoms with Crippen molar-refractivity contribution in [3.05, 3.63) is 130 Å². The van der Waals surface area contributed by atoms with Gasteiger partial charge in [0.25, 0.3) is 0 Å². The molecule has 0 saturated heterocycles. The largest absolute Gasteiger partial charge is 2.00 e. The number of benzene rings is 4. The van der Waals surface area contributed by atoms with Crippen molar-refractivity contribution in [3.8, 4) is 34.1 Å². The van der Waals surface area contributed by atoms with Gasteiger partial charge in [0.1, 0.15) is 5.82 Å². The Bertz CT molecular complexity index is 2370. The molecule has 0 atom stereocenters. The molecule has 0 amide bonds. The normalized spacial score (nSPS) is 11.6. The Morgan fingerprint density at radius 2 is 1.50 bits per heavy atom. The van der Waals surface area contributed by atoms with Gasteiger partial charge in [-0.05, 0) is 103 Å². The van der Waals surface area contributed by atoms with Gasteiger partial charge in [-0.1, -0.05) is 83.0 Å². The summed E-state index contributed by atoms with van der Waals surface area (Å²) in [5.74, 6) is 2.99. The van der Waals surface area contributed by atoms with Gasteiger partial charge in [0.2, 0.25) is 0 Å². The molecule has 0 aliphatic rings. The summed E-state index contributed by atoms with van der Waals surface area (Å²) < 4.78 is 10.9. The van der Waals surface area contributed by atoms with Gasteiger partial charge in [0, 0.05) is 34.5 Å². The molecule has 52 heavy (non-hydrogen) atoms. The van der Waals surface area contributed by atoms with Gasteiger partial charge >= 0.3 is 20.4 Å². The molecule has 3 aromatic heterocycles. The molecule has 4 aromatic carbocycles. The summed E-state index contributed by atoms with van der Waals surface area (Å²) in [5, 5.41) is 7.40.